The Labute approximate surface area is 119 Å². The van der Waals surface area contributed by atoms with Gasteiger partial charge in [-0.15, -0.1) is 0 Å². The fraction of sp³-hybridized carbons (Fsp3) is 0.214. The zero-order valence-corrected chi connectivity index (χ0v) is 11.9. The van der Waals surface area contributed by atoms with Crippen molar-refractivity contribution >= 4 is 21.6 Å². The number of aromatic nitrogens is 1. The number of hydrogen-bond donors (Lipinski definition) is 1. The highest BCUT2D eigenvalue weighted by Crippen LogP contribution is 2.40. The molecule has 2 aromatic rings. The quantitative estimate of drug-likeness (QED) is 0.877. The molecule has 19 heavy (non-hydrogen) atoms. The van der Waals surface area contributed by atoms with E-state index in [1.165, 1.54) is 0 Å². The van der Waals surface area contributed by atoms with Crippen LogP contribution in [0.2, 0.25) is 0 Å². The lowest BCUT2D eigenvalue weighted by molar-refractivity contribution is 0.0778. The molecule has 0 bridgehead atoms. The molecule has 1 atom stereocenters. The Bertz CT molecular complexity index is 682. The first-order valence-corrected chi connectivity index (χ1v) is 6.73. The molecule has 0 fully saturated rings. The summed E-state index contributed by atoms with van der Waals surface area (Å²) in [5.41, 5.74) is 9.95. The third-order valence-corrected chi connectivity index (χ3v) is 3.95. The van der Waals surface area contributed by atoms with Gasteiger partial charge in [-0.05, 0) is 31.2 Å². The molecule has 1 aromatic heterocycles. The summed E-state index contributed by atoms with van der Waals surface area (Å²) in [6, 6.07) is 9.99. The van der Waals surface area contributed by atoms with Crippen molar-refractivity contribution in [2.24, 2.45) is 0 Å². The fourth-order valence-corrected chi connectivity index (χ4v) is 2.79. The van der Waals surface area contributed by atoms with Gasteiger partial charge in [-0.2, -0.15) is 5.26 Å². The van der Waals surface area contributed by atoms with Crippen LogP contribution in [-0.2, 0) is 11.3 Å². The number of nitriles is 1. The van der Waals surface area contributed by atoms with Gasteiger partial charge in [0, 0.05) is 15.7 Å². The SMILES string of the molecule is CC1OCc2c1c(N)c(C#N)n2-c1ccc(Br)cc1. The third kappa shape index (κ3) is 1.76. The van der Waals surface area contributed by atoms with Crippen molar-refractivity contribution in [2.45, 2.75) is 19.6 Å². The number of nitrogens with two attached hydrogens (primary N) is 1. The molecule has 2 heterocycles. The second-order valence-electron chi connectivity index (χ2n) is 4.50. The van der Waals surface area contributed by atoms with E-state index in [0.29, 0.717) is 18.0 Å². The molecule has 0 amide bonds. The number of rotatable bonds is 1. The lowest BCUT2D eigenvalue weighted by Gasteiger charge is -2.09. The molecule has 0 aliphatic carbocycles. The standard InChI is InChI=1S/C14H12BrN3O/c1-8-13-12(7-19-8)18(11(6-16)14(13)17)10-4-2-9(15)3-5-10/h2-5,8H,7,17H2,1H3. The Kier molecular flexibility index (Phi) is 2.85. The van der Waals surface area contributed by atoms with E-state index < -0.39 is 0 Å². The van der Waals surface area contributed by atoms with Crippen LogP contribution in [0.15, 0.2) is 28.7 Å². The van der Waals surface area contributed by atoms with Crippen LogP contribution in [0.5, 0.6) is 0 Å². The average Bonchev–Trinajstić information content (AvgIpc) is 2.90. The first-order chi connectivity index (χ1) is 9.13. The van der Waals surface area contributed by atoms with Crippen LogP contribution < -0.4 is 5.73 Å². The highest BCUT2D eigenvalue weighted by molar-refractivity contribution is 9.10. The van der Waals surface area contributed by atoms with Crippen LogP contribution in [0, 0.1) is 11.3 Å². The van der Waals surface area contributed by atoms with Gasteiger partial charge in [-0.25, -0.2) is 0 Å². The highest BCUT2D eigenvalue weighted by atomic mass is 79.9. The van der Waals surface area contributed by atoms with Crippen LogP contribution in [0.3, 0.4) is 0 Å². The predicted molar refractivity (Wildman–Crippen MR) is 75.8 cm³/mol. The molecule has 1 aliphatic heterocycles. The van der Waals surface area contributed by atoms with Crippen molar-refractivity contribution in [3.05, 3.63) is 45.7 Å². The Balaban J connectivity index is 2.27. The van der Waals surface area contributed by atoms with E-state index in [1.54, 1.807) is 0 Å². The number of halogens is 1. The molecule has 5 heteroatoms. The molecule has 96 valence electrons. The van der Waals surface area contributed by atoms with E-state index in [9.17, 15) is 5.26 Å². The molecule has 3 rings (SSSR count). The summed E-state index contributed by atoms with van der Waals surface area (Å²) in [7, 11) is 0. The maximum absolute atomic E-state index is 9.36. The molecule has 1 aliphatic rings. The zero-order valence-electron chi connectivity index (χ0n) is 10.4. The van der Waals surface area contributed by atoms with Crippen molar-refractivity contribution in [2.75, 3.05) is 5.73 Å². The minimum absolute atomic E-state index is 0.0567. The van der Waals surface area contributed by atoms with Gasteiger partial charge in [0.05, 0.1) is 24.1 Å². The number of ether oxygens (including phenoxy) is 1. The van der Waals surface area contributed by atoms with Crippen molar-refractivity contribution in [3.63, 3.8) is 0 Å². The van der Waals surface area contributed by atoms with Gasteiger partial charge < -0.3 is 15.0 Å². The predicted octanol–water partition coefficient (Wildman–Crippen LogP) is 3.28. The van der Waals surface area contributed by atoms with Crippen LogP contribution >= 0.6 is 15.9 Å². The molecule has 0 spiro atoms. The van der Waals surface area contributed by atoms with Gasteiger partial charge in [0.25, 0.3) is 0 Å². The number of hydrogen-bond acceptors (Lipinski definition) is 3. The number of nitrogen functional groups attached to an aromatic ring is 1. The summed E-state index contributed by atoms with van der Waals surface area (Å²) in [5.74, 6) is 0. The van der Waals surface area contributed by atoms with Gasteiger partial charge in [-0.1, -0.05) is 15.9 Å². The van der Waals surface area contributed by atoms with E-state index in [1.807, 2.05) is 35.8 Å². The van der Waals surface area contributed by atoms with Crippen LogP contribution in [-0.4, -0.2) is 4.57 Å². The summed E-state index contributed by atoms with van der Waals surface area (Å²) in [4.78, 5) is 0. The normalized spacial score (nSPS) is 17.2. The molecular formula is C14H12BrN3O. The van der Waals surface area contributed by atoms with Crippen molar-refractivity contribution in [3.8, 4) is 11.8 Å². The first kappa shape index (κ1) is 12.3. The fourth-order valence-electron chi connectivity index (χ4n) is 2.53. The molecule has 0 saturated carbocycles. The van der Waals surface area contributed by atoms with E-state index in [-0.39, 0.29) is 6.10 Å². The smallest absolute Gasteiger partial charge is 0.148 e. The average molecular weight is 318 g/mol. The minimum atomic E-state index is -0.0567. The van der Waals surface area contributed by atoms with Gasteiger partial charge in [0.15, 0.2) is 0 Å². The van der Waals surface area contributed by atoms with E-state index >= 15 is 0 Å². The van der Waals surface area contributed by atoms with Gasteiger partial charge in [0.2, 0.25) is 0 Å². The molecule has 2 N–H and O–H groups in total. The molecule has 1 aromatic carbocycles. The Morgan fingerprint density at radius 1 is 1.42 bits per heavy atom. The molecular weight excluding hydrogens is 306 g/mol. The number of fused-ring (bicyclic) bond motifs is 1. The van der Waals surface area contributed by atoms with Crippen molar-refractivity contribution in [1.29, 1.82) is 5.26 Å². The van der Waals surface area contributed by atoms with Gasteiger partial charge >= 0.3 is 0 Å². The Hall–Kier alpha value is -1.77. The summed E-state index contributed by atoms with van der Waals surface area (Å²) < 4.78 is 8.50. The second kappa shape index (κ2) is 4.41. The number of nitrogens with zero attached hydrogens (tertiary/aromatic N) is 2. The summed E-state index contributed by atoms with van der Waals surface area (Å²) in [6.45, 7) is 2.44. The molecule has 0 radical (unpaired) electrons. The zero-order chi connectivity index (χ0) is 13.6. The van der Waals surface area contributed by atoms with Gasteiger partial charge in [0.1, 0.15) is 11.8 Å². The minimum Gasteiger partial charge on any atom is -0.396 e. The third-order valence-electron chi connectivity index (χ3n) is 3.42. The number of anilines is 1. The second-order valence-corrected chi connectivity index (χ2v) is 5.42. The van der Waals surface area contributed by atoms with E-state index in [0.717, 1.165) is 21.4 Å². The van der Waals surface area contributed by atoms with Crippen molar-refractivity contribution < 1.29 is 4.74 Å². The largest absolute Gasteiger partial charge is 0.396 e. The summed E-state index contributed by atoms with van der Waals surface area (Å²) in [6.07, 6.45) is -0.0567. The lowest BCUT2D eigenvalue weighted by Crippen LogP contribution is -2.03. The highest BCUT2D eigenvalue weighted by Gasteiger charge is 2.30. The first-order valence-electron chi connectivity index (χ1n) is 5.94. The maximum atomic E-state index is 9.36. The lowest BCUT2D eigenvalue weighted by atomic mass is 10.1. The Morgan fingerprint density at radius 2 is 2.11 bits per heavy atom. The van der Waals surface area contributed by atoms with Gasteiger partial charge in [-0.3, -0.25) is 0 Å². The summed E-state index contributed by atoms with van der Waals surface area (Å²) in [5, 5.41) is 9.36. The molecule has 1 unspecified atom stereocenters. The van der Waals surface area contributed by atoms with Crippen LogP contribution in [0.25, 0.3) is 5.69 Å². The molecule has 0 saturated heterocycles. The van der Waals surface area contributed by atoms with E-state index in [2.05, 4.69) is 22.0 Å². The van der Waals surface area contributed by atoms with Crippen LogP contribution in [0.4, 0.5) is 5.69 Å². The van der Waals surface area contributed by atoms with Crippen LogP contribution in [0.1, 0.15) is 30.0 Å². The maximum Gasteiger partial charge on any atom is 0.148 e. The van der Waals surface area contributed by atoms with Crippen molar-refractivity contribution in [1.82, 2.24) is 4.57 Å². The monoisotopic (exact) mass is 317 g/mol. The van der Waals surface area contributed by atoms with E-state index in [4.69, 9.17) is 10.5 Å². The topological polar surface area (TPSA) is 64.0 Å². The Morgan fingerprint density at radius 3 is 2.74 bits per heavy atom. The summed E-state index contributed by atoms with van der Waals surface area (Å²) >= 11 is 3.41. The number of benzene rings is 1. The molecule has 4 nitrogen and oxygen atoms in total.